The molecular formula is C22H16BrF5N4O4. The summed E-state index contributed by atoms with van der Waals surface area (Å²) in [5.74, 6) is -5.66. The summed E-state index contributed by atoms with van der Waals surface area (Å²) >= 11 is 3.00. The van der Waals surface area contributed by atoms with E-state index >= 15 is 0 Å². The predicted octanol–water partition coefficient (Wildman–Crippen LogP) is 4.63. The number of hydroxylamine groups is 2. The first kappa shape index (κ1) is 25.4. The van der Waals surface area contributed by atoms with E-state index in [0.29, 0.717) is 16.7 Å². The fraction of sp³-hybridized carbons (Fsp3) is 0.227. The minimum atomic E-state index is -5.35. The summed E-state index contributed by atoms with van der Waals surface area (Å²) in [6.45, 7) is 0.642. The highest BCUT2D eigenvalue weighted by Crippen LogP contribution is 2.33. The SMILES string of the molecule is CC1N(Cc2ccc3[nH]ncc3c2)C(=O)C(Br)=C(OCc2ccc(F)cc2F)N1OC(=O)C(F)(F)F. The van der Waals surface area contributed by atoms with Gasteiger partial charge in [0.1, 0.15) is 28.9 Å². The molecule has 0 spiro atoms. The lowest BCUT2D eigenvalue weighted by atomic mass is 10.1. The Balaban J connectivity index is 1.65. The first-order valence-electron chi connectivity index (χ1n) is 10.2. The molecule has 4 rings (SSSR count). The molecule has 0 bridgehead atoms. The minimum Gasteiger partial charge on any atom is -0.471 e. The van der Waals surface area contributed by atoms with Crippen molar-refractivity contribution in [2.45, 2.75) is 32.4 Å². The Morgan fingerprint density at radius 2 is 1.94 bits per heavy atom. The minimum absolute atomic E-state index is 0.0733. The zero-order valence-electron chi connectivity index (χ0n) is 18.3. The van der Waals surface area contributed by atoms with Crippen molar-refractivity contribution in [1.29, 1.82) is 0 Å². The van der Waals surface area contributed by atoms with Crippen molar-refractivity contribution >= 4 is 38.7 Å². The standard InChI is InChI=1S/C22H16BrF5N4O4/c1-11-31(9-12-2-5-17-14(6-12)8-29-30-17)19(33)18(23)20(32(11)36-21(34)22(26,27)28)35-10-13-3-4-15(24)7-16(13)25/h2-8,11H,9-10H2,1H3,(H,29,30). The number of alkyl halides is 3. The Morgan fingerprint density at radius 1 is 1.19 bits per heavy atom. The quantitative estimate of drug-likeness (QED) is 0.432. The van der Waals surface area contributed by atoms with Crippen molar-refractivity contribution in [2.24, 2.45) is 0 Å². The maximum Gasteiger partial charge on any atom is 0.493 e. The summed E-state index contributed by atoms with van der Waals surface area (Å²) in [4.78, 5) is 30.5. The molecule has 0 fully saturated rings. The first-order valence-corrected chi connectivity index (χ1v) is 11.0. The molecule has 14 heteroatoms. The second-order valence-electron chi connectivity index (χ2n) is 7.70. The highest BCUT2D eigenvalue weighted by molar-refractivity contribution is 9.12. The molecule has 3 aromatic rings. The van der Waals surface area contributed by atoms with Crippen LogP contribution in [0.5, 0.6) is 0 Å². The lowest BCUT2D eigenvalue weighted by molar-refractivity contribution is -0.258. The average Bonchev–Trinajstić information content (AvgIpc) is 3.28. The predicted molar refractivity (Wildman–Crippen MR) is 117 cm³/mol. The molecule has 1 amide bonds. The van der Waals surface area contributed by atoms with E-state index in [1.54, 1.807) is 24.4 Å². The fourth-order valence-electron chi connectivity index (χ4n) is 3.44. The van der Waals surface area contributed by atoms with Gasteiger partial charge in [-0.3, -0.25) is 9.89 Å². The lowest BCUT2D eigenvalue weighted by Crippen LogP contribution is -2.54. The number of nitrogens with one attached hydrogen (secondary N) is 1. The van der Waals surface area contributed by atoms with Gasteiger partial charge < -0.3 is 14.5 Å². The van der Waals surface area contributed by atoms with E-state index in [1.807, 2.05) is 0 Å². The molecule has 0 aliphatic carbocycles. The van der Waals surface area contributed by atoms with E-state index in [9.17, 15) is 31.5 Å². The van der Waals surface area contributed by atoms with Gasteiger partial charge in [0.25, 0.3) is 5.91 Å². The molecule has 1 unspecified atom stereocenters. The summed E-state index contributed by atoms with van der Waals surface area (Å²) in [6.07, 6.45) is -5.05. The van der Waals surface area contributed by atoms with E-state index in [1.165, 1.54) is 6.92 Å². The van der Waals surface area contributed by atoms with E-state index in [2.05, 4.69) is 31.0 Å². The van der Waals surface area contributed by atoms with Gasteiger partial charge in [0.15, 0.2) is 0 Å². The molecule has 1 aromatic heterocycles. The number of ether oxygens (including phenoxy) is 1. The van der Waals surface area contributed by atoms with Crippen molar-refractivity contribution in [1.82, 2.24) is 20.2 Å². The number of H-pyrrole nitrogens is 1. The monoisotopic (exact) mass is 574 g/mol. The number of nitrogens with zero attached hydrogens (tertiary/aromatic N) is 3. The number of hydrogen-bond donors (Lipinski definition) is 1. The van der Waals surface area contributed by atoms with Crippen LogP contribution >= 0.6 is 15.9 Å². The largest absolute Gasteiger partial charge is 0.493 e. The molecule has 0 saturated heterocycles. The van der Waals surface area contributed by atoms with E-state index in [-0.39, 0.29) is 16.6 Å². The molecule has 190 valence electrons. The zero-order chi connectivity index (χ0) is 26.2. The number of rotatable bonds is 6. The van der Waals surface area contributed by atoms with Crippen molar-refractivity contribution in [2.75, 3.05) is 0 Å². The average molecular weight is 575 g/mol. The van der Waals surface area contributed by atoms with Crippen LogP contribution in [0, 0.1) is 11.6 Å². The third kappa shape index (κ3) is 5.12. The summed E-state index contributed by atoms with van der Waals surface area (Å²) in [6, 6.07) is 7.75. The molecule has 1 aliphatic heterocycles. The number of benzene rings is 2. The summed E-state index contributed by atoms with van der Waals surface area (Å²) in [5, 5.41) is 7.90. The zero-order valence-corrected chi connectivity index (χ0v) is 19.9. The second-order valence-corrected chi connectivity index (χ2v) is 8.50. The van der Waals surface area contributed by atoms with E-state index in [0.717, 1.165) is 27.9 Å². The number of aromatic nitrogens is 2. The molecule has 2 aromatic carbocycles. The molecule has 2 heterocycles. The molecule has 1 atom stereocenters. The molecule has 8 nitrogen and oxygen atoms in total. The van der Waals surface area contributed by atoms with Crippen LogP contribution in [0.4, 0.5) is 22.0 Å². The van der Waals surface area contributed by atoms with Gasteiger partial charge in [-0.2, -0.15) is 18.3 Å². The van der Waals surface area contributed by atoms with Crippen molar-refractivity contribution in [3.63, 3.8) is 0 Å². The summed E-state index contributed by atoms with van der Waals surface area (Å²) < 4.78 is 71.2. The van der Waals surface area contributed by atoms with Crippen LogP contribution in [0.1, 0.15) is 18.1 Å². The van der Waals surface area contributed by atoms with Crippen molar-refractivity contribution in [3.05, 3.63) is 75.7 Å². The van der Waals surface area contributed by atoms with Crippen LogP contribution in [0.2, 0.25) is 0 Å². The molecule has 36 heavy (non-hydrogen) atoms. The Kier molecular flexibility index (Phi) is 6.89. The van der Waals surface area contributed by atoms with Gasteiger partial charge in [0, 0.05) is 23.6 Å². The van der Waals surface area contributed by atoms with Gasteiger partial charge in [-0.1, -0.05) is 6.07 Å². The van der Waals surface area contributed by atoms with Crippen molar-refractivity contribution < 1.29 is 41.1 Å². The summed E-state index contributed by atoms with van der Waals surface area (Å²) in [5.41, 5.74) is 1.20. The number of halogens is 6. The second kappa shape index (κ2) is 9.76. The highest BCUT2D eigenvalue weighted by Gasteiger charge is 2.47. The Bertz CT molecular complexity index is 1360. The van der Waals surface area contributed by atoms with Gasteiger partial charge in [-0.25, -0.2) is 13.6 Å². The number of carbonyl (C=O) groups excluding carboxylic acids is 2. The third-order valence-electron chi connectivity index (χ3n) is 5.28. The number of aromatic amines is 1. The number of amides is 1. The van der Waals surface area contributed by atoms with Gasteiger partial charge in [0.05, 0.1) is 11.7 Å². The van der Waals surface area contributed by atoms with Crippen molar-refractivity contribution in [3.8, 4) is 0 Å². The van der Waals surface area contributed by atoms with Crippen LogP contribution in [0.3, 0.4) is 0 Å². The van der Waals surface area contributed by atoms with Crippen LogP contribution in [-0.2, 0) is 32.3 Å². The number of carbonyl (C=O) groups is 2. The van der Waals surface area contributed by atoms with Crippen LogP contribution in [-0.4, -0.2) is 44.4 Å². The molecule has 1 N–H and O–H groups in total. The summed E-state index contributed by atoms with van der Waals surface area (Å²) in [7, 11) is 0. The Labute approximate surface area is 208 Å². The molecular weight excluding hydrogens is 559 g/mol. The van der Waals surface area contributed by atoms with Gasteiger partial charge in [0.2, 0.25) is 5.88 Å². The Hall–Kier alpha value is -3.68. The number of fused-ring (bicyclic) bond motifs is 1. The third-order valence-corrected chi connectivity index (χ3v) is 5.96. The lowest BCUT2D eigenvalue weighted by Gasteiger charge is -2.41. The first-order chi connectivity index (χ1) is 17.0. The van der Waals surface area contributed by atoms with Gasteiger partial charge >= 0.3 is 12.1 Å². The normalized spacial score (nSPS) is 16.6. The fourth-order valence-corrected chi connectivity index (χ4v) is 3.96. The topological polar surface area (TPSA) is 87.8 Å². The van der Waals surface area contributed by atoms with E-state index < -0.39 is 48.3 Å². The number of hydrogen-bond acceptors (Lipinski definition) is 6. The van der Waals surface area contributed by atoms with Crippen LogP contribution < -0.4 is 0 Å². The van der Waals surface area contributed by atoms with Gasteiger partial charge in [-0.05, 0) is 52.7 Å². The maximum absolute atomic E-state index is 14.0. The molecule has 0 saturated carbocycles. The molecule has 1 aliphatic rings. The Morgan fingerprint density at radius 3 is 2.64 bits per heavy atom. The van der Waals surface area contributed by atoms with Crippen LogP contribution in [0.25, 0.3) is 10.9 Å². The van der Waals surface area contributed by atoms with Crippen LogP contribution in [0.15, 0.2) is 53.0 Å². The van der Waals surface area contributed by atoms with Gasteiger partial charge in [-0.15, -0.1) is 5.06 Å². The highest BCUT2D eigenvalue weighted by atomic mass is 79.9. The maximum atomic E-state index is 14.0. The van der Waals surface area contributed by atoms with E-state index in [4.69, 9.17) is 4.74 Å². The molecule has 0 radical (unpaired) electrons. The smallest absolute Gasteiger partial charge is 0.471 e.